The molecule has 0 saturated heterocycles. The number of rotatable bonds is 10. The Balaban J connectivity index is 0.00000529. The number of hydrogen-bond acceptors (Lipinski definition) is 0. The van der Waals surface area contributed by atoms with E-state index < -0.39 is 8.80 Å². The van der Waals surface area contributed by atoms with Gasteiger partial charge in [-0.05, 0) is 71.8 Å². The zero-order valence-electron chi connectivity index (χ0n) is 30.4. The molecular formula is C42H60SiZr-. The zero-order chi connectivity index (χ0) is 31.9. The topological polar surface area (TPSA) is 0 Å². The van der Waals surface area contributed by atoms with E-state index in [4.69, 9.17) is 0 Å². The van der Waals surface area contributed by atoms with E-state index in [0.29, 0.717) is 11.8 Å². The van der Waals surface area contributed by atoms with Crippen LogP contribution in [0, 0.1) is 5.92 Å². The van der Waals surface area contributed by atoms with Crippen molar-refractivity contribution in [2.75, 3.05) is 0 Å². The van der Waals surface area contributed by atoms with Crippen molar-refractivity contribution >= 4 is 24.8 Å². The van der Waals surface area contributed by atoms with Gasteiger partial charge >= 0.3 is 0 Å². The van der Waals surface area contributed by atoms with Gasteiger partial charge in [0.15, 0.2) is 0 Å². The third-order valence-electron chi connectivity index (χ3n) is 10.3. The number of fused-ring (bicyclic) bond motifs is 1. The molecule has 0 amide bonds. The van der Waals surface area contributed by atoms with Crippen molar-refractivity contribution in [3.8, 4) is 11.1 Å². The average molecular weight is 684 g/mol. The number of benzene rings is 2. The fourth-order valence-electron chi connectivity index (χ4n) is 7.76. The molecule has 0 aliphatic heterocycles. The molecule has 0 nitrogen and oxygen atoms in total. The van der Waals surface area contributed by atoms with Gasteiger partial charge in [-0.1, -0.05) is 153 Å². The van der Waals surface area contributed by atoms with Crippen LogP contribution in [0.1, 0.15) is 138 Å². The molecule has 2 heteroatoms. The number of allylic oxidation sites excluding steroid dienone is 4. The Kier molecular flexibility index (Phi) is 12.3. The number of hydrogen-bond donors (Lipinski definition) is 0. The van der Waals surface area contributed by atoms with E-state index in [1.807, 2.05) is 0 Å². The molecule has 0 heterocycles. The molecule has 1 radical (unpaired) electrons. The Labute approximate surface area is 292 Å². The molecule has 0 bridgehead atoms. The van der Waals surface area contributed by atoms with E-state index in [9.17, 15) is 0 Å². The van der Waals surface area contributed by atoms with Crippen LogP contribution >= 0.6 is 0 Å². The maximum atomic E-state index is 2.73. The summed E-state index contributed by atoms with van der Waals surface area (Å²) in [4.78, 5) is 0. The van der Waals surface area contributed by atoms with Crippen LogP contribution in [0.2, 0.25) is 12.1 Å². The van der Waals surface area contributed by atoms with Gasteiger partial charge in [0.2, 0.25) is 0 Å². The monoisotopic (exact) mass is 682 g/mol. The minimum Gasteiger partial charge on any atom is -0.145 e. The second-order valence-corrected chi connectivity index (χ2v) is 18.5. The van der Waals surface area contributed by atoms with E-state index in [1.54, 1.807) is 44.2 Å². The van der Waals surface area contributed by atoms with E-state index in [2.05, 4.69) is 132 Å². The molecule has 0 N–H and O–H groups in total. The Bertz CT molecular complexity index is 1480. The van der Waals surface area contributed by atoms with Crippen molar-refractivity contribution < 1.29 is 26.2 Å². The summed E-state index contributed by atoms with van der Waals surface area (Å²) in [6.07, 6.45) is 5.36. The molecule has 0 saturated carbocycles. The normalized spacial score (nSPS) is 16.2. The van der Waals surface area contributed by atoms with Gasteiger partial charge in [-0.25, -0.2) is 0 Å². The van der Waals surface area contributed by atoms with Gasteiger partial charge in [-0.15, -0.1) is 34.5 Å². The van der Waals surface area contributed by atoms with Crippen LogP contribution in [0.5, 0.6) is 0 Å². The third-order valence-corrected chi connectivity index (χ3v) is 13.2. The Morgan fingerprint density at radius 3 is 2.00 bits per heavy atom. The number of unbranched alkanes of at least 4 members (excludes halogenated alkanes) is 3. The molecule has 4 rings (SSSR count). The van der Waals surface area contributed by atoms with Crippen LogP contribution in [0.4, 0.5) is 0 Å². The van der Waals surface area contributed by atoms with Crippen molar-refractivity contribution in [3.63, 3.8) is 0 Å². The summed E-state index contributed by atoms with van der Waals surface area (Å²) in [5.41, 5.74) is 14.3. The summed E-state index contributed by atoms with van der Waals surface area (Å²) < 4.78 is 0. The van der Waals surface area contributed by atoms with E-state index in [-0.39, 0.29) is 37.0 Å². The molecule has 0 spiro atoms. The summed E-state index contributed by atoms with van der Waals surface area (Å²) in [6, 6.07) is 19.2. The summed E-state index contributed by atoms with van der Waals surface area (Å²) in [6.45, 7) is 31.6. The summed E-state index contributed by atoms with van der Waals surface area (Å²) in [7, 11) is -0.869. The first kappa shape index (κ1) is 37.1. The van der Waals surface area contributed by atoms with Gasteiger partial charge < -0.3 is 0 Å². The van der Waals surface area contributed by atoms with Gasteiger partial charge in [-0.2, -0.15) is 0 Å². The van der Waals surface area contributed by atoms with Gasteiger partial charge in [0, 0.05) is 26.2 Å². The molecule has 44 heavy (non-hydrogen) atoms. The maximum Gasteiger partial charge on any atom is 0.0894 e. The molecule has 3 aromatic rings. The molecule has 3 aromatic carbocycles. The van der Waals surface area contributed by atoms with Gasteiger partial charge in [0.25, 0.3) is 0 Å². The average Bonchev–Trinajstić information content (AvgIpc) is 3.44. The third kappa shape index (κ3) is 7.60. The van der Waals surface area contributed by atoms with Crippen LogP contribution < -0.4 is 5.19 Å². The Morgan fingerprint density at radius 1 is 0.841 bits per heavy atom. The standard InChI is InChI=1S/C42H60Si.Zr/c1-14-15-16-19-22-43(26-36-30(6)28(4)29(5)31(36)7)37-25-35(34-23-32-20-17-18-21-33(32)24-34)39(41(8,9)10)38(27(2)3)40(37)42(11,12)13;/h17-18,20-21,23-25,27,30H,14-16,19,22,26H2,1-13H3;/q-1;. The Morgan fingerprint density at radius 2 is 1.48 bits per heavy atom. The fraction of sp³-hybridized carbons (Fsp3) is 0.548. The van der Waals surface area contributed by atoms with Crippen molar-refractivity contribution in [2.24, 2.45) is 5.92 Å². The minimum atomic E-state index is -0.869. The first-order valence-electron chi connectivity index (χ1n) is 17.2. The quantitative estimate of drug-likeness (QED) is 0.113. The summed E-state index contributed by atoms with van der Waals surface area (Å²) in [5.74, 6) is 1.04. The van der Waals surface area contributed by atoms with Gasteiger partial charge in [0.05, 0.1) is 8.80 Å². The molecule has 237 valence electrons. The SMILES string of the molecule is CCCCCC[Si](CC1=C(C)C(C)=C(C)C1C)c1cc(-c2cc3ccccc3[cH-]2)c(C(C)(C)C)c(C(C)C)c1C(C)(C)C.[Zr]. The molecule has 1 aliphatic rings. The van der Waals surface area contributed by atoms with E-state index >= 15 is 0 Å². The molecule has 1 unspecified atom stereocenters. The molecule has 0 fully saturated rings. The first-order valence-corrected chi connectivity index (χ1v) is 19.1. The smallest absolute Gasteiger partial charge is 0.0894 e. The fourth-order valence-corrected chi connectivity index (χ4v) is 11.3. The zero-order valence-corrected chi connectivity index (χ0v) is 33.9. The van der Waals surface area contributed by atoms with Gasteiger partial charge in [-0.3, -0.25) is 0 Å². The Hall–Kier alpha value is -1.37. The summed E-state index contributed by atoms with van der Waals surface area (Å²) >= 11 is 0. The van der Waals surface area contributed by atoms with Crippen molar-refractivity contribution in [1.82, 2.24) is 0 Å². The largest absolute Gasteiger partial charge is 0.145 e. The second kappa shape index (κ2) is 14.6. The molecule has 1 atom stereocenters. The molecule has 0 aromatic heterocycles. The first-order chi connectivity index (χ1) is 20.1. The predicted molar refractivity (Wildman–Crippen MR) is 196 cm³/mol. The second-order valence-electron chi connectivity index (χ2n) is 15.9. The van der Waals surface area contributed by atoms with Crippen LogP contribution in [-0.2, 0) is 37.0 Å². The molecule has 1 aliphatic carbocycles. The van der Waals surface area contributed by atoms with Crippen LogP contribution in [0.3, 0.4) is 0 Å². The summed E-state index contributed by atoms with van der Waals surface area (Å²) in [5, 5.41) is 4.43. The maximum absolute atomic E-state index is 2.73. The molecular weight excluding hydrogens is 624 g/mol. The van der Waals surface area contributed by atoms with Crippen molar-refractivity contribution in [2.45, 2.75) is 145 Å². The predicted octanol–water partition coefficient (Wildman–Crippen LogP) is 12.5. The minimum absolute atomic E-state index is 0. The van der Waals surface area contributed by atoms with E-state index in [0.717, 1.165) is 0 Å². The van der Waals surface area contributed by atoms with Crippen LogP contribution in [0.15, 0.2) is 64.8 Å². The van der Waals surface area contributed by atoms with E-state index in [1.165, 1.54) is 59.7 Å². The van der Waals surface area contributed by atoms with Crippen molar-refractivity contribution in [3.05, 3.63) is 81.4 Å². The van der Waals surface area contributed by atoms with Crippen LogP contribution in [-0.4, -0.2) is 8.80 Å². The van der Waals surface area contributed by atoms with Crippen LogP contribution in [0.25, 0.3) is 21.9 Å². The van der Waals surface area contributed by atoms with Gasteiger partial charge in [0.1, 0.15) is 0 Å². The van der Waals surface area contributed by atoms with Crippen molar-refractivity contribution in [1.29, 1.82) is 0 Å².